The number of hydrogen-bond donors (Lipinski definition) is 1. The Labute approximate surface area is 178 Å². The maximum atomic E-state index is 12.7. The predicted molar refractivity (Wildman–Crippen MR) is 122 cm³/mol. The number of rotatable bonds is 9. The molecule has 1 amide bonds. The lowest BCUT2D eigenvalue weighted by molar-refractivity contribution is -0.119. The van der Waals surface area contributed by atoms with Gasteiger partial charge in [0.2, 0.25) is 5.91 Å². The smallest absolute Gasteiger partial charge is 0.263 e. The average molecular weight is 428 g/mol. The SMILES string of the molecule is C=CCn1c(SCC(=O)NC(CC(C)C)c2ccccc2)nc2sccc2c1=O. The first kappa shape index (κ1) is 21.3. The summed E-state index contributed by atoms with van der Waals surface area (Å²) >= 11 is 2.71. The second-order valence-corrected chi connectivity index (χ2v) is 9.02. The van der Waals surface area contributed by atoms with Gasteiger partial charge in [-0.25, -0.2) is 4.98 Å². The molecule has 1 atom stereocenters. The van der Waals surface area contributed by atoms with Crippen molar-refractivity contribution in [3.8, 4) is 0 Å². The molecule has 1 unspecified atom stereocenters. The number of nitrogens with zero attached hydrogens (tertiary/aromatic N) is 2. The summed E-state index contributed by atoms with van der Waals surface area (Å²) < 4.78 is 1.57. The van der Waals surface area contributed by atoms with E-state index in [4.69, 9.17) is 0 Å². The van der Waals surface area contributed by atoms with Gasteiger partial charge in [-0.3, -0.25) is 14.2 Å². The Kier molecular flexibility index (Phi) is 7.28. The van der Waals surface area contributed by atoms with Gasteiger partial charge < -0.3 is 5.32 Å². The van der Waals surface area contributed by atoms with Gasteiger partial charge in [-0.1, -0.05) is 62.0 Å². The Morgan fingerprint density at radius 1 is 1.31 bits per heavy atom. The molecule has 0 aliphatic heterocycles. The first-order valence-electron chi connectivity index (χ1n) is 9.55. The van der Waals surface area contributed by atoms with Gasteiger partial charge in [0.1, 0.15) is 4.83 Å². The van der Waals surface area contributed by atoms with Gasteiger partial charge in [0.25, 0.3) is 5.56 Å². The molecule has 2 heterocycles. The molecule has 0 aliphatic carbocycles. The lowest BCUT2D eigenvalue weighted by atomic mass is 9.97. The normalized spacial score (nSPS) is 12.2. The van der Waals surface area contributed by atoms with Crippen LogP contribution in [0.15, 0.2) is 64.4 Å². The van der Waals surface area contributed by atoms with E-state index in [0.717, 1.165) is 12.0 Å². The number of allylic oxidation sites excluding steroid dienone is 1. The average Bonchev–Trinajstić information content (AvgIpc) is 3.17. The van der Waals surface area contributed by atoms with E-state index < -0.39 is 0 Å². The summed E-state index contributed by atoms with van der Waals surface area (Å²) in [5.41, 5.74) is 1.00. The molecule has 1 aromatic carbocycles. The van der Waals surface area contributed by atoms with Crippen LogP contribution in [0.5, 0.6) is 0 Å². The van der Waals surface area contributed by atoms with E-state index in [1.807, 2.05) is 35.7 Å². The summed E-state index contributed by atoms with van der Waals surface area (Å²) in [4.78, 5) is 30.7. The summed E-state index contributed by atoms with van der Waals surface area (Å²) in [6, 6.07) is 11.8. The first-order valence-corrected chi connectivity index (χ1v) is 11.4. The second kappa shape index (κ2) is 9.89. The summed E-state index contributed by atoms with van der Waals surface area (Å²) in [6.07, 6.45) is 2.53. The molecule has 2 aromatic heterocycles. The maximum Gasteiger partial charge on any atom is 0.263 e. The monoisotopic (exact) mass is 427 g/mol. The van der Waals surface area contributed by atoms with Crippen LogP contribution in [0.25, 0.3) is 10.2 Å². The number of aromatic nitrogens is 2. The van der Waals surface area contributed by atoms with E-state index in [-0.39, 0.29) is 23.3 Å². The minimum atomic E-state index is -0.0963. The molecule has 0 saturated heterocycles. The molecule has 3 rings (SSSR count). The van der Waals surface area contributed by atoms with Crippen LogP contribution in [0.3, 0.4) is 0 Å². The van der Waals surface area contributed by atoms with Crippen molar-refractivity contribution in [2.24, 2.45) is 5.92 Å². The highest BCUT2D eigenvalue weighted by Crippen LogP contribution is 2.23. The van der Waals surface area contributed by atoms with Crippen LogP contribution in [-0.4, -0.2) is 21.2 Å². The minimum Gasteiger partial charge on any atom is -0.349 e. The van der Waals surface area contributed by atoms with Crippen molar-refractivity contribution in [2.75, 3.05) is 5.75 Å². The number of hydrogen-bond acceptors (Lipinski definition) is 5. The molecule has 0 saturated carbocycles. The number of carbonyl (C=O) groups excluding carboxylic acids is 1. The predicted octanol–water partition coefficient (Wildman–Crippen LogP) is 4.64. The molecule has 0 radical (unpaired) electrons. The molecule has 7 heteroatoms. The van der Waals surface area contributed by atoms with Crippen molar-refractivity contribution in [1.29, 1.82) is 0 Å². The molecule has 0 bridgehead atoms. The van der Waals surface area contributed by atoms with Crippen molar-refractivity contribution in [3.05, 3.63) is 70.4 Å². The van der Waals surface area contributed by atoms with Crippen molar-refractivity contribution < 1.29 is 4.79 Å². The lowest BCUT2D eigenvalue weighted by Crippen LogP contribution is -2.31. The molecule has 1 N–H and O–H groups in total. The fourth-order valence-corrected chi connectivity index (χ4v) is 4.76. The highest BCUT2D eigenvalue weighted by molar-refractivity contribution is 7.99. The number of carbonyl (C=O) groups is 1. The van der Waals surface area contributed by atoms with Crippen LogP contribution in [-0.2, 0) is 11.3 Å². The lowest BCUT2D eigenvalue weighted by Gasteiger charge is -2.21. The molecular formula is C22H25N3O2S2. The van der Waals surface area contributed by atoms with Gasteiger partial charge in [0, 0.05) is 6.54 Å². The third-order valence-electron chi connectivity index (χ3n) is 4.44. The van der Waals surface area contributed by atoms with Crippen LogP contribution >= 0.6 is 23.1 Å². The van der Waals surface area contributed by atoms with Gasteiger partial charge in [0.15, 0.2) is 5.16 Å². The number of nitrogens with one attached hydrogen (secondary N) is 1. The zero-order chi connectivity index (χ0) is 20.8. The van der Waals surface area contributed by atoms with E-state index in [2.05, 4.69) is 30.7 Å². The zero-order valence-electron chi connectivity index (χ0n) is 16.6. The number of thioether (sulfide) groups is 1. The number of amides is 1. The van der Waals surface area contributed by atoms with Crippen molar-refractivity contribution in [1.82, 2.24) is 14.9 Å². The Balaban J connectivity index is 1.75. The highest BCUT2D eigenvalue weighted by Gasteiger charge is 2.18. The summed E-state index contributed by atoms with van der Waals surface area (Å²) in [6.45, 7) is 8.38. The summed E-state index contributed by atoms with van der Waals surface area (Å²) in [5.74, 6) is 0.575. The van der Waals surface area contributed by atoms with Gasteiger partial charge >= 0.3 is 0 Å². The third-order valence-corrected chi connectivity index (χ3v) is 6.22. The zero-order valence-corrected chi connectivity index (χ0v) is 18.3. The topological polar surface area (TPSA) is 64.0 Å². The third kappa shape index (κ3) is 5.36. The van der Waals surface area contributed by atoms with Crippen molar-refractivity contribution in [3.63, 3.8) is 0 Å². The quantitative estimate of drug-likeness (QED) is 0.307. The van der Waals surface area contributed by atoms with E-state index in [1.165, 1.54) is 23.1 Å². The molecule has 0 spiro atoms. The number of benzene rings is 1. The Bertz CT molecular complexity index is 1040. The van der Waals surface area contributed by atoms with Crippen LogP contribution in [0.4, 0.5) is 0 Å². The Morgan fingerprint density at radius 3 is 2.76 bits per heavy atom. The van der Waals surface area contributed by atoms with Crippen molar-refractivity contribution >= 4 is 39.2 Å². The Morgan fingerprint density at radius 2 is 2.07 bits per heavy atom. The van der Waals surface area contributed by atoms with E-state index in [1.54, 1.807) is 16.7 Å². The van der Waals surface area contributed by atoms with E-state index in [0.29, 0.717) is 27.8 Å². The van der Waals surface area contributed by atoms with Gasteiger partial charge in [0.05, 0.1) is 17.2 Å². The number of thiophene rings is 1. The summed E-state index contributed by atoms with van der Waals surface area (Å²) in [7, 11) is 0. The van der Waals surface area contributed by atoms with Crippen LogP contribution in [0, 0.1) is 5.92 Å². The van der Waals surface area contributed by atoms with Crippen LogP contribution in [0.2, 0.25) is 0 Å². The van der Waals surface area contributed by atoms with Crippen molar-refractivity contribution in [2.45, 2.75) is 38.0 Å². The minimum absolute atomic E-state index is 0.0348. The van der Waals surface area contributed by atoms with E-state index >= 15 is 0 Å². The highest BCUT2D eigenvalue weighted by atomic mass is 32.2. The molecule has 0 fully saturated rings. The molecule has 152 valence electrons. The van der Waals surface area contributed by atoms with E-state index in [9.17, 15) is 9.59 Å². The van der Waals surface area contributed by atoms with Crippen LogP contribution < -0.4 is 10.9 Å². The number of fused-ring (bicyclic) bond motifs is 1. The first-order chi connectivity index (χ1) is 14.0. The molecule has 5 nitrogen and oxygen atoms in total. The molecule has 29 heavy (non-hydrogen) atoms. The maximum absolute atomic E-state index is 12.7. The fourth-order valence-electron chi connectivity index (χ4n) is 3.13. The largest absolute Gasteiger partial charge is 0.349 e. The fraction of sp³-hybridized carbons (Fsp3) is 0.318. The van der Waals surface area contributed by atoms with Crippen LogP contribution in [0.1, 0.15) is 31.9 Å². The second-order valence-electron chi connectivity index (χ2n) is 7.19. The molecular weight excluding hydrogens is 402 g/mol. The van der Waals surface area contributed by atoms with Gasteiger partial charge in [-0.2, -0.15) is 0 Å². The standard InChI is InChI=1S/C22H25N3O2S2/c1-4-11-25-21(27)17-10-12-28-20(17)24-22(25)29-14-19(26)23-18(13-15(2)3)16-8-6-5-7-9-16/h4-10,12,15,18H,1,11,13-14H2,2-3H3,(H,23,26). The molecule has 3 aromatic rings. The van der Waals surface area contributed by atoms with Gasteiger partial charge in [-0.05, 0) is 29.3 Å². The summed E-state index contributed by atoms with van der Waals surface area (Å²) in [5, 5.41) is 6.14. The van der Waals surface area contributed by atoms with Gasteiger partial charge in [-0.15, -0.1) is 17.9 Å². The Hall–Kier alpha value is -2.38. The molecule has 0 aliphatic rings.